The molecule has 4 rings (SSSR count). The molecule has 2 aromatic heterocycles. The maximum absolute atomic E-state index is 14.0. The van der Waals surface area contributed by atoms with Crippen LogP contribution < -0.4 is 5.32 Å². The SMILES string of the molecule is O=C(NCCN1CCC[C@@H](O)C1)c1csc2nc(-c3ccccc3F)cn12. The van der Waals surface area contributed by atoms with Crippen molar-refractivity contribution < 1.29 is 14.3 Å². The van der Waals surface area contributed by atoms with Gasteiger partial charge in [0.2, 0.25) is 0 Å². The Morgan fingerprint density at radius 3 is 3.07 bits per heavy atom. The lowest BCUT2D eigenvalue weighted by atomic mass is 10.1. The number of halogens is 1. The molecule has 0 spiro atoms. The highest BCUT2D eigenvalue weighted by Gasteiger charge is 2.19. The molecule has 1 aliphatic heterocycles. The first-order chi connectivity index (χ1) is 13.1. The molecule has 0 radical (unpaired) electrons. The summed E-state index contributed by atoms with van der Waals surface area (Å²) in [6, 6.07) is 6.47. The van der Waals surface area contributed by atoms with Crippen molar-refractivity contribution in [3.63, 3.8) is 0 Å². The number of fused-ring (bicyclic) bond motifs is 1. The van der Waals surface area contributed by atoms with Crippen LogP contribution in [0.2, 0.25) is 0 Å². The van der Waals surface area contributed by atoms with Gasteiger partial charge < -0.3 is 10.4 Å². The topological polar surface area (TPSA) is 69.9 Å². The summed E-state index contributed by atoms with van der Waals surface area (Å²) in [5.41, 5.74) is 1.42. The highest BCUT2D eigenvalue weighted by Crippen LogP contribution is 2.25. The van der Waals surface area contributed by atoms with Crippen LogP contribution in [-0.4, -0.2) is 57.6 Å². The molecule has 1 aliphatic rings. The van der Waals surface area contributed by atoms with Gasteiger partial charge in [-0.2, -0.15) is 0 Å². The van der Waals surface area contributed by atoms with Gasteiger partial charge in [0.1, 0.15) is 11.5 Å². The first-order valence-electron chi connectivity index (χ1n) is 9.02. The number of nitrogens with one attached hydrogen (secondary N) is 1. The molecule has 2 N–H and O–H groups in total. The number of benzene rings is 1. The highest BCUT2D eigenvalue weighted by atomic mass is 32.1. The van der Waals surface area contributed by atoms with E-state index in [1.54, 1.807) is 34.2 Å². The van der Waals surface area contributed by atoms with E-state index in [-0.39, 0.29) is 17.8 Å². The van der Waals surface area contributed by atoms with Crippen molar-refractivity contribution in [1.29, 1.82) is 0 Å². The number of amides is 1. The third-order valence-corrected chi connectivity index (χ3v) is 5.63. The predicted molar refractivity (Wildman–Crippen MR) is 102 cm³/mol. The number of aliphatic hydroxyl groups excluding tert-OH is 1. The van der Waals surface area contributed by atoms with Crippen molar-refractivity contribution in [2.45, 2.75) is 18.9 Å². The van der Waals surface area contributed by atoms with Crippen LogP contribution in [-0.2, 0) is 0 Å². The fourth-order valence-corrected chi connectivity index (χ4v) is 4.25. The quantitative estimate of drug-likeness (QED) is 0.704. The van der Waals surface area contributed by atoms with Gasteiger partial charge in [0.05, 0.1) is 11.8 Å². The first-order valence-corrected chi connectivity index (χ1v) is 9.90. The normalized spacial score (nSPS) is 18.1. The van der Waals surface area contributed by atoms with Crippen molar-refractivity contribution in [2.24, 2.45) is 0 Å². The Labute approximate surface area is 160 Å². The molecule has 27 heavy (non-hydrogen) atoms. The molecule has 1 atom stereocenters. The van der Waals surface area contributed by atoms with Crippen LogP contribution in [0.3, 0.4) is 0 Å². The number of β-amino-alcohol motifs (C(OH)–C–C–N with tert-alkyl or cyclic N) is 1. The molecule has 1 aromatic carbocycles. The number of piperidine rings is 1. The van der Waals surface area contributed by atoms with Crippen LogP contribution in [0.4, 0.5) is 4.39 Å². The second-order valence-electron chi connectivity index (χ2n) is 6.73. The monoisotopic (exact) mass is 388 g/mol. The minimum Gasteiger partial charge on any atom is -0.392 e. The van der Waals surface area contributed by atoms with Gasteiger partial charge in [-0.1, -0.05) is 12.1 Å². The smallest absolute Gasteiger partial charge is 0.269 e. The number of carbonyl (C=O) groups excluding carboxylic acids is 1. The standard InChI is InChI=1S/C19H21FN4O2S/c20-15-6-2-1-5-14(15)16-11-24-17(12-27-19(24)22-16)18(26)21-7-9-23-8-3-4-13(25)10-23/h1-2,5-6,11-13,25H,3-4,7-10H2,(H,21,26)/t13-/m1/s1. The number of imidazole rings is 1. The number of thiazole rings is 1. The average Bonchev–Trinajstić information content (AvgIpc) is 3.22. The molecule has 142 valence electrons. The Hall–Kier alpha value is -2.29. The summed E-state index contributed by atoms with van der Waals surface area (Å²) in [6.45, 7) is 2.83. The van der Waals surface area contributed by atoms with Crippen molar-refractivity contribution in [3.8, 4) is 11.3 Å². The lowest BCUT2D eigenvalue weighted by Crippen LogP contribution is -2.42. The second-order valence-corrected chi connectivity index (χ2v) is 7.57. The molecule has 0 bridgehead atoms. The number of likely N-dealkylation sites (tertiary alicyclic amines) is 1. The molecule has 1 amide bonds. The van der Waals surface area contributed by atoms with Crippen molar-refractivity contribution in [1.82, 2.24) is 19.6 Å². The maximum atomic E-state index is 14.0. The molecule has 3 heterocycles. The van der Waals surface area contributed by atoms with Crippen LogP contribution >= 0.6 is 11.3 Å². The van der Waals surface area contributed by atoms with E-state index in [0.717, 1.165) is 19.4 Å². The zero-order chi connectivity index (χ0) is 18.8. The summed E-state index contributed by atoms with van der Waals surface area (Å²) >= 11 is 1.35. The minimum atomic E-state index is -0.335. The fraction of sp³-hybridized carbons (Fsp3) is 0.368. The van der Waals surface area contributed by atoms with Crippen LogP contribution in [0, 0.1) is 5.82 Å². The molecule has 0 aliphatic carbocycles. The van der Waals surface area contributed by atoms with Crippen molar-refractivity contribution in [3.05, 3.63) is 47.4 Å². The molecule has 8 heteroatoms. The van der Waals surface area contributed by atoms with Gasteiger partial charge in [0.25, 0.3) is 5.91 Å². The van der Waals surface area contributed by atoms with E-state index in [1.807, 2.05) is 0 Å². The van der Waals surface area contributed by atoms with E-state index in [1.165, 1.54) is 17.4 Å². The average molecular weight is 388 g/mol. The van der Waals surface area contributed by atoms with E-state index in [9.17, 15) is 14.3 Å². The molecule has 1 fully saturated rings. The number of carbonyl (C=O) groups is 1. The van der Waals surface area contributed by atoms with Gasteiger partial charge in [0.15, 0.2) is 4.96 Å². The third kappa shape index (κ3) is 3.87. The van der Waals surface area contributed by atoms with Crippen LogP contribution in [0.25, 0.3) is 16.2 Å². The summed E-state index contributed by atoms with van der Waals surface area (Å²) in [4.78, 5) is 19.8. The summed E-state index contributed by atoms with van der Waals surface area (Å²) < 4.78 is 15.7. The zero-order valence-electron chi connectivity index (χ0n) is 14.8. The van der Waals surface area contributed by atoms with Gasteiger partial charge in [-0.15, -0.1) is 11.3 Å². The molecule has 1 saturated heterocycles. The van der Waals surface area contributed by atoms with E-state index in [2.05, 4.69) is 15.2 Å². The molecule has 0 saturated carbocycles. The summed E-state index contributed by atoms with van der Waals surface area (Å²) in [5.74, 6) is -0.519. The number of aliphatic hydroxyl groups is 1. The number of rotatable bonds is 5. The van der Waals surface area contributed by atoms with Gasteiger partial charge in [-0.25, -0.2) is 9.37 Å². The lowest BCUT2D eigenvalue weighted by Gasteiger charge is -2.29. The predicted octanol–water partition coefficient (Wildman–Crippen LogP) is 2.39. The Morgan fingerprint density at radius 1 is 1.41 bits per heavy atom. The molecular formula is C19H21FN4O2S. The van der Waals surface area contributed by atoms with Gasteiger partial charge in [-0.3, -0.25) is 14.1 Å². The second kappa shape index (κ2) is 7.75. The third-order valence-electron chi connectivity index (χ3n) is 4.79. The van der Waals surface area contributed by atoms with E-state index in [0.29, 0.717) is 41.5 Å². The Balaban J connectivity index is 1.44. The Bertz CT molecular complexity index is 954. The number of hydrogen-bond donors (Lipinski definition) is 2. The minimum absolute atomic E-state index is 0.184. The highest BCUT2D eigenvalue weighted by molar-refractivity contribution is 7.15. The van der Waals surface area contributed by atoms with Gasteiger partial charge in [-0.05, 0) is 31.5 Å². The van der Waals surface area contributed by atoms with Crippen LogP contribution in [0.5, 0.6) is 0 Å². The molecule has 3 aromatic rings. The molecular weight excluding hydrogens is 367 g/mol. The largest absolute Gasteiger partial charge is 0.392 e. The van der Waals surface area contributed by atoms with E-state index in [4.69, 9.17) is 0 Å². The van der Waals surface area contributed by atoms with Gasteiger partial charge >= 0.3 is 0 Å². The molecule has 0 unspecified atom stereocenters. The Morgan fingerprint density at radius 2 is 2.26 bits per heavy atom. The summed E-state index contributed by atoms with van der Waals surface area (Å²) in [6.07, 6.45) is 3.25. The summed E-state index contributed by atoms with van der Waals surface area (Å²) in [7, 11) is 0. The van der Waals surface area contributed by atoms with Crippen molar-refractivity contribution >= 4 is 22.2 Å². The van der Waals surface area contributed by atoms with Gasteiger partial charge in [0, 0.05) is 36.8 Å². The number of aromatic nitrogens is 2. The number of nitrogens with zero attached hydrogens (tertiary/aromatic N) is 3. The summed E-state index contributed by atoms with van der Waals surface area (Å²) in [5, 5.41) is 14.4. The molecule has 6 nitrogen and oxygen atoms in total. The fourth-order valence-electron chi connectivity index (χ4n) is 3.40. The van der Waals surface area contributed by atoms with Crippen LogP contribution in [0.15, 0.2) is 35.8 Å². The van der Waals surface area contributed by atoms with Crippen LogP contribution in [0.1, 0.15) is 23.3 Å². The van der Waals surface area contributed by atoms with E-state index < -0.39 is 0 Å². The Kier molecular flexibility index (Phi) is 5.20. The maximum Gasteiger partial charge on any atom is 0.269 e. The lowest BCUT2D eigenvalue weighted by molar-refractivity contribution is 0.0702. The first kappa shape index (κ1) is 18.1. The number of hydrogen-bond acceptors (Lipinski definition) is 5. The van der Waals surface area contributed by atoms with E-state index >= 15 is 0 Å². The van der Waals surface area contributed by atoms with Crippen molar-refractivity contribution in [2.75, 3.05) is 26.2 Å². The zero-order valence-corrected chi connectivity index (χ0v) is 15.6.